The van der Waals surface area contributed by atoms with Gasteiger partial charge in [0.2, 0.25) is 0 Å². The molecule has 0 heterocycles. The molecule has 0 aliphatic rings. The molecule has 0 fully saturated rings. The summed E-state index contributed by atoms with van der Waals surface area (Å²) in [5.41, 5.74) is 0. The minimum absolute atomic E-state index is 0.0254. The quantitative estimate of drug-likeness (QED) is 0.0257. The number of nitrogens with zero attached hydrogens (tertiary/aromatic N) is 1. The second-order valence-corrected chi connectivity index (χ2v) is 20.3. The van der Waals surface area contributed by atoms with Crippen LogP contribution < -0.4 is 4.89 Å². The first kappa shape index (κ1) is 59.0. The van der Waals surface area contributed by atoms with Crippen LogP contribution in [0.3, 0.4) is 0 Å². The number of quaternary nitrogens is 1. The number of rotatable bonds is 48. The topological polar surface area (TPSA) is 111 Å². The standard InChI is InChI=1S/C50H100NO8P/c1-6-8-10-12-14-16-18-20-22-23-24-25-26-27-28-29-31-32-34-36-38-40-42-49(52)56-46-48(47-58-60(54,55)57-45-44-51(3,4)5)59-50(53)43-41-39-37-35-33-30-21-19-17-15-13-11-9-7-2/h48H,6-47H2,1-5H3. The van der Waals surface area contributed by atoms with E-state index in [4.69, 9.17) is 18.5 Å². The molecule has 2 unspecified atom stereocenters. The molecular weight excluding hydrogens is 774 g/mol. The molecule has 0 bridgehead atoms. The monoisotopic (exact) mass is 874 g/mol. The number of likely N-dealkylation sites (N-methyl/N-ethyl adjacent to an activating group) is 1. The van der Waals surface area contributed by atoms with E-state index in [0.717, 1.165) is 32.1 Å². The fourth-order valence-corrected chi connectivity index (χ4v) is 8.33. The molecule has 0 rings (SSSR count). The lowest BCUT2D eigenvalue weighted by Gasteiger charge is -2.28. The van der Waals surface area contributed by atoms with E-state index in [0.29, 0.717) is 17.4 Å². The summed E-state index contributed by atoms with van der Waals surface area (Å²) < 4.78 is 34.0. The van der Waals surface area contributed by atoms with Crippen LogP contribution >= 0.6 is 7.82 Å². The van der Waals surface area contributed by atoms with E-state index in [-0.39, 0.29) is 32.0 Å². The lowest BCUT2D eigenvalue weighted by molar-refractivity contribution is -0.870. The molecule has 0 saturated heterocycles. The molecule has 358 valence electrons. The molecule has 0 N–H and O–H groups in total. The number of phosphoric ester groups is 1. The van der Waals surface area contributed by atoms with Crippen molar-refractivity contribution in [3.8, 4) is 0 Å². The number of ether oxygens (including phenoxy) is 2. The van der Waals surface area contributed by atoms with Gasteiger partial charge in [-0.2, -0.15) is 0 Å². The number of phosphoric acid groups is 1. The summed E-state index contributed by atoms with van der Waals surface area (Å²) in [4.78, 5) is 37.7. The molecule has 0 saturated carbocycles. The van der Waals surface area contributed by atoms with Crippen molar-refractivity contribution in [3.63, 3.8) is 0 Å². The van der Waals surface area contributed by atoms with Crippen LogP contribution in [0.25, 0.3) is 0 Å². The molecule has 0 aromatic heterocycles. The average molecular weight is 874 g/mol. The summed E-state index contributed by atoms with van der Waals surface area (Å²) in [5, 5.41) is 0. The van der Waals surface area contributed by atoms with E-state index in [9.17, 15) is 19.0 Å². The molecule has 10 heteroatoms. The largest absolute Gasteiger partial charge is 0.756 e. The molecule has 0 radical (unpaired) electrons. The third kappa shape index (κ3) is 46.5. The van der Waals surface area contributed by atoms with Gasteiger partial charge in [0.1, 0.15) is 19.8 Å². The number of hydrogen-bond donors (Lipinski definition) is 0. The number of hydrogen-bond acceptors (Lipinski definition) is 8. The van der Waals surface area contributed by atoms with Crippen LogP contribution in [-0.2, 0) is 32.7 Å². The summed E-state index contributed by atoms with van der Waals surface area (Å²) in [6, 6.07) is 0. The normalized spacial score (nSPS) is 13.4. The van der Waals surface area contributed by atoms with Gasteiger partial charge < -0.3 is 27.9 Å². The van der Waals surface area contributed by atoms with E-state index in [1.807, 2.05) is 21.1 Å². The highest BCUT2D eigenvalue weighted by Gasteiger charge is 2.21. The maximum absolute atomic E-state index is 12.7. The lowest BCUT2D eigenvalue weighted by Crippen LogP contribution is -2.37. The first-order valence-electron chi connectivity index (χ1n) is 25.7. The van der Waals surface area contributed by atoms with Gasteiger partial charge in [-0.3, -0.25) is 14.2 Å². The van der Waals surface area contributed by atoms with Gasteiger partial charge in [-0.05, 0) is 12.8 Å². The Morgan fingerprint density at radius 1 is 0.450 bits per heavy atom. The van der Waals surface area contributed by atoms with Gasteiger partial charge in [0.05, 0.1) is 27.7 Å². The Morgan fingerprint density at radius 3 is 1.07 bits per heavy atom. The van der Waals surface area contributed by atoms with Gasteiger partial charge in [-0.25, -0.2) is 0 Å². The Hall–Kier alpha value is -0.990. The van der Waals surface area contributed by atoms with Crippen LogP contribution in [0.1, 0.15) is 258 Å². The number of unbranched alkanes of at least 4 members (excludes halogenated alkanes) is 34. The molecule has 9 nitrogen and oxygen atoms in total. The smallest absolute Gasteiger partial charge is 0.306 e. The van der Waals surface area contributed by atoms with E-state index in [1.54, 1.807) is 0 Å². The van der Waals surface area contributed by atoms with Crippen LogP contribution in [0.5, 0.6) is 0 Å². The van der Waals surface area contributed by atoms with Crippen molar-refractivity contribution in [1.82, 2.24) is 0 Å². The van der Waals surface area contributed by atoms with Crippen LogP contribution in [0.15, 0.2) is 0 Å². The highest BCUT2D eigenvalue weighted by Crippen LogP contribution is 2.38. The first-order valence-corrected chi connectivity index (χ1v) is 27.2. The van der Waals surface area contributed by atoms with Crippen LogP contribution in [-0.4, -0.2) is 70.0 Å². The Labute approximate surface area is 372 Å². The maximum atomic E-state index is 12.7. The second-order valence-electron chi connectivity index (χ2n) is 18.9. The van der Waals surface area contributed by atoms with Crippen molar-refractivity contribution < 1.29 is 42.1 Å². The molecule has 0 aromatic rings. The first-order chi connectivity index (χ1) is 29.0. The zero-order valence-corrected chi connectivity index (χ0v) is 41.3. The molecule has 0 spiro atoms. The van der Waals surface area contributed by atoms with Crippen molar-refractivity contribution in [2.45, 2.75) is 264 Å². The molecule has 0 amide bonds. The molecule has 0 aliphatic carbocycles. The van der Waals surface area contributed by atoms with Gasteiger partial charge in [0, 0.05) is 12.8 Å². The summed E-state index contributed by atoms with van der Waals surface area (Å²) in [5.74, 6) is -0.814. The number of esters is 2. The number of carbonyl (C=O) groups excluding carboxylic acids is 2. The summed E-state index contributed by atoms with van der Waals surface area (Å²) in [7, 11) is 1.19. The van der Waals surface area contributed by atoms with Gasteiger partial charge in [-0.1, -0.05) is 232 Å². The van der Waals surface area contributed by atoms with Gasteiger partial charge in [0.15, 0.2) is 6.10 Å². The van der Waals surface area contributed by atoms with Crippen molar-refractivity contribution in [2.75, 3.05) is 47.5 Å². The highest BCUT2D eigenvalue weighted by atomic mass is 31.2. The molecular formula is C50H100NO8P. The average Bonchev–Trinajstić information content (AvgIpc) is 3.20. The summed E-state index contributed by atoms with van der Waals surface area (Å²) >= 11 is 0. The van der Waals surface area contributed by atoms with E-state index >= 15 is 0 Å². The Morgan fingerprint density at radius 2 is 0.750 bits per heavy atom. The van der Waals surface area contributed by atoms with E-state index in [2.05, 4.69) is 13.8 Å². The van der Waals surface area contributed by atoms with Crippen LogP contribution in [0.2, 0.25) is 0 Å². The predicted octanol–water partition coefficient (Wildman–Crippen LogP) is 14.5. The zero-order valence-electron chi connectivity index (χ0n) is 40.4. The zero-order chi connectivity index (χ0) is 44.3. The minimum atomic E-state index is -4.62. The Balaban J connectivity index is 4.15. The highest BCUT2D eigenvalue weighted by molar-refractivity contribution is 7.45. The molecule has 60 heavy (non-hydrogen) atoms. The fourth-order valence-electron chi connectivity index (χ4n) is 7.60. The van der Waals surface area contributed by atoms with Crippen LogP contribution in [0.4, 0.5) is 0 Å². The van der Waals surface area contributed by atoms with Gasteiger partial charge in [0.25, 0.3) is 7.82 Å². The third-order valence-electron chi connectivity index (χ3n) is 11.6. The van der Waals surface area contributed by atoms with Gasteiger partial charge in [-0.15, -0.1) is 0 Å². The Kier molecular flexibility index (Phi) is 42.6. The van der Waals surface area contributed by atoms with Crippen molar-refractivity contribution in [3.05, 3.63) is 0 Å². The van der Waals surface area contributed by atoms with E-state index in [1.165, 1.54) is 193 Å². The fraction of sp³-hybridized carbons (Fsp3) is 0.960. The lowest BCUT2D eigenvalue weighted by atomic mass is 10.0. The Bertz CT molecular complexity index is 990. The summed E-state index contributed by atoms with van der Waals surface area (Å²) in [6.45, 7) is 4.29. The molecule has 0 aliphatic heterocycles. The number of carbonyl (C=O) groups is 2. The van der Waals surface area contributed by atoms with E-state index < -0.39 is 26.5 Å². The second kappa shape index (κ2) is 43.3. The molecule has 2 atom stereocenters. The molecule has 0 aromatic carbocycles. The van der Waals surface area contributed by atoms with Gasteiger partial charge >= 0.3 is 11.9 Å². The van der Waals surface area contributed by atoms with Crippen molar-refractivity contribution in [2.24, 2.45) is 0 Å². The third-order valence-corrected chi connectivity index (χ3v) is 12.6. The SMILES string of the molecule is CCCCCCCCCCCCCCCCCCCCCCCCC(=O)OCC(COP(=O)([O-])OCC[N+](C)(C)C)OC(=O)CCCCCCCCCCCCCCCC. The maximum Gasteiger partial charge on any atom is 0.306 e. The minimum Gasteiger partial charge on any atom is -0.756 e. The predicted molar refractivity (Wildman–Crippen MR) is 250 cm³/mol. The summed E-state index contributed by atoms with van der Waals surface area (Å²) in [6.07, 6.45) is 45.6. The van der Waals surface area contributed by atoms with Crippen molar-refractivity contribution in [1.29, 1.82) is 0 Å². The van der Waals surface area contributed by atoms with Crippen LogP contribution in [0, 0.1) is 0 Å². The van der Waals surface area contributed by atoms with Crippen molar-refractivity contribution >= 4 is 19.8 Å².